The number of carbonyl (C=O) groups excluding carboxylic acids is 3. The van der Waals surface area contributed by atoms with Crippen LogP contribution in [0.4, 0.5) is 0 Å². The maximum atomic E-state index is 12.3. The van der Waals surface area contributed by atoms with Crippen LogP contribution < -0.4 is 15.2 Å². The summed E-state index contributed by atoms with van der Waals surface area (Å²) in [5.74, 6) is 0.178. The third kappa shape index (κ3) is 5.23. The molecule has 0 spiro atoms. The highest BCUT2D eigenvalue weighted by atomic mass is 16.5. The number of benzene rings is 1. The van der Waals surface area contributed by atoms with Gasteiger partial charge in [0.25, 0.3) is 5.91 Å². The molecule has 1 heterocycles. The van der Waals surface area contributed by atoms with Gasteiger partial charge in [0.15, 0.2) is 18.1 Å². The quantitative estimate of drug-likeness (QED) is 0.733. The van der Waals surface area contributed by atoms with Crippen molar-refractivity contribution in [1.29, 1.82) is 0 Å². The Morgan fingerprint density at radius 2 is 1.77 bits per heavy atom. The van der Waals surface area contributed by atoms with Crippen LogP contribution in [0.2, 0.25) is 0 Å². The third-order valence-electron chi connectivity index (χ3n) is 4.01. The molecule has 1 fully saturated rings. The summed E-state index contributed by atoms with van der Waals surface area (Å²) < 4.78 is 10.5. The zero-order valence-electron chi connectivity index (χ0n) is 14.9. The average molecular weight is 361 g/mol. The fourth-order valence-electron chi connectivity index (χ4n) is 2.57. The molecule has 0 atom stereocenters. The number of carbonyl (C=O) groups is 3. The predicted molar refractivity (Wildman–Crippen MR) is 95.6 cm³/mol. The molecule has 0 aliphatic carbocycles. The zero-order valence-corrected chi connectivity index (χ0v) is 14.9. The fraction of sp³-hybridized carbons (Fsp3) is 0.389. The van der Waals surface area contributed by atoms with Crippen LogP contribution in [0.1, 0.15) is 12.5 Å². The lowest BCUT2D eigenvalue weighted by Gasteiger charge is -2.33. The van der Waals surface area contributed by atoms with E-state index < -0.39 is 5.91 Å². The van der Waals surface area contributed by atoms with Crippen LogP contribution in [-0.2, 0) is 14.4 Å². The summed E-state index contributed by atoms with van der Waals surface area (Å²) in [5.41, 5.74) is 5.81. The van der Waals surface area contributed by atoms with Gasteiger partial charge in [0, 0.05) is 39.2 Å². The molecule has 1 aromatic carbocycles. The molecule has 8 nitrogen and oxygen atoms in total. The first kappa shape index (κ1) is 19.3. The van der Waals surface area contributed by atoms with E-state index in [2.05, 4.69) is 0 Å². The van der Waals surface area contributed by atoms with Crippen molar-refractivity contribution in [3.8, 4) is 11.5 Å². The summed E-state index contributed by atoms with van der Waals surface area (Å²) in [6.07, 6.45) is 3.17. The smallest absolute Gasteiger partial charge is 0.255 e. The summed E-state index contributed by atoms with van der Waals surface area (Å²) in [5, 5.41) is 0. The lowest BCUT2D eigenvalue weighted by atomic mass is 10.2. The van der Waals surface area contributed by atoms with Gasteiger partial charge in [-0.3, -0.25) is 14.4 Å². The van der Waals surface area contributed by atoms with Crippen molar-refractivity contribution in [2.45, 2.75) is 6.92 Å². The fourth-order valence-corrected chi connectivity index (χ4v) is 2.57. The zero-order chi connectivity index (χ0) is 19.1. The van der Waals surface area contributed by atoms with E-state index >= 15 is 0 Å². The molecule has 140 valence electrons. The molecule has 8 heteroatoms. The van der Waals surface area contributed by atoms with E-state index in [1.165, 1.54) is 20.1 Å². The van der Waals surface area contributed by atoms with Gasteiger partial charge in [0.2, 0.25) is 11.8 Å². The van der Waals surface area contributed by atoms with Crippen molar-refractivity contribution in [2.24, 2.45) is 5.73 Å². The van der Waals surface area contributed by atoms with Crippen LogP contribution in [0.5, 0.6) is 11.5 Å². The standard InChI is InChI=1S/C18H23N3O5/c1-13(22)20-7-9-21(10-8-20)18(24)6-4-14-3-5-15(16(11-14)25-2)26-12-17(19)23/h3-6,11H,7-10,12H2,1-2H3,(H2,19,23)/b6-4+. The van der Waals surface area contributed by atoms with Crippen LogP contribution in [0, 0.1) is 0 Å². The molecule has 0 bridgehead atoms. The number of amides is 3. The first-order valence-electron chi connectivity index (χ1n) is 8.22. The number of ether oxygens (including phenoxy) is 2. The molecule has 2 rings (SSSR count). The number of hydrogen-bond donors (Lipinski definition) is 1. The summed E-state index contributed by atoms with van der Waals surface area (Å²) in [6, 6.07) is 5.10. The SMILES string of the molecule is COc1cc(/C=C/C(=O)N2CCN(C(C)=O)CC2)ccc1OCC(N)=O. The number of hydrogen-bond acceptors (Lipinski definition) is 5. The molecule has 1 aliphatic rings. The van der Waals surface area contributed by atoms with E-state index in [-0.39, 0.29) is 18.4 Å². The molecule has 26 heavy (non-hydrogen) atoms. The van der Waals surface area contributed by atoms with Gasteiger partial charge >= 0.3 is 0 Å². The van der Waals surface area contributed by atoms with Gasteiger partial charge < -0.3 is 25.0 Å². The van der Waals surface area contributed by atoms with E-state index in [1.54, 1.807) is 34.1 Å². The Morgan fingerprint density at radius 1 is 1.12 bits per heavy atom. The maximum Gasteiger partial charge on any atom is 0.255 e. The van der Waals surface area contributed by atoms with Gasteiger partial charge in [0.1, 0.15) is 0 Å². The maximum absolute atomic E-state index is 12.3. The Hall–Kier alpha value is -3.03. The number of methoxy groups -OCH3 is 1. The van der Waals surface area contributed by atoms with E-state index in [0.717, 1.165) is 5.56 Å². The van der Waals surface area contributed by atoms with E-state index in [9.17, 15) is 14.4 Å². The molecule has 0 unspecified atom stereocenters. The molecule has 1 aromatic rings. The van der Waals surface area contributed by atoms with Gasteiger partial charge in [-0.1, -0.05) is 6.07 Å². The van der Waals surface area contributed by atoms with Crippen LogP contribution in [0.15, 0.2) is 24.3 Å². The van der Waals surface area contributed by atoms with Gasteiger partial charge in [-0.2, -0.15) is 0 Å². The normalized spacial score (nSPS) is 14.4. The van der Waals surface area contributed by atoms with Gasteiger partial charge in [-0.25, -0.2) is 0 Å². The molecular formula is C18H23N3O5. The summed E-state index contributed by atoms with van der Waals surface area (Å²) in [4.78, 5) is 37.8. The lowest BCUT2D eigenvalue weighted by molar-refractivity contribution is -0.135. The van der Waals surface area contributed by atoms with Crippen LogP contribution >= 0.6 is 0 Å². The number of primary amides is 1. The van der Waals surface area contributed by atoms with E-state index in [1.807, 2.05) is 0 Å². The molecular weight excluding hydrogens is 338 g/mol. The van der Waals surface area contributed by atoms with Crippen molar-refractivity contribution in [3.05, 3.63) is 29.8 Å². The highest BCUT2D eigenvalue weighted by molar-refractivity contribution is 5.92. The molecule has 1 saturated heterocycles. The van der Waals surface area contributed by atoms with E-state index in [0.29, 0.717) is 37.7 Å². The number of nitrogens with two attached hydrogens (primary N) is 1. The second kappa shape index (κ2) is 8.89. The minimum absolute atomic E-state index is 0.0263. The summed E-state index contributed by atoms with van der Waals surface area (Å²) in [7, 11) is 1.49. The van der Waals surface area contributed by atoms with Crippen molar-refractivity contribution in [3.63, 3.8) is 0 Å². The summed E-state index contributed by atoms with van der Waals surface area (Å²) >= 11 is 0. The number of rotatable bonds is 6. The van der Waals surface area contributed by atoms with Crippen molar-refractivity contribution < 1.29 is 23.9 Å². The van der Waals surface area contributed by atoms with Crippen molar-refractivity contribution in [2.75, 3.05) is 39.9 Å². The third-order valence-corrected chi connectivity index (χ3v) is 4.01. The van der Waals surface area contributed by atoms with E-state index in [4.69, 9.17) is 15.2 Å². The first-order valence-corrected chi connectivity index (χ1v) is 8.22. The summed E-state index contributed by atoms with van der Waals surface area (Å²) in [6.45, 7) is 3.43. The largest absolute Gasteiger partial charge is 0.493 e. The highest BCUT2D eigenvalue weighted by Gasteiger charge is 2.20. The molecule has 1 aliphatic heterocycles. The van der Waals surface area contributed by atoms with Crippen molar-refractivity contribution in [1.82, 2.24) is 9.80 Å². The lowest BCUT2D eigenvalue weighted by Crippen LogP contribution is -2.49. The van der Waals surface area contributed by atoms with Crippen LogP contribution in [-0.4, -0.2) is 67.4 Å². The van der Waals surface area contributed by atoms with Crippen LogP contribution in [0.25, 0.3) is 6.08 Å². The Bertz CT molecular complexity index is 709. The number of piperazine rings is 1. The molecule has 2 N–H and O–H groups in total. The molecule has 0 aromatic heterocycles. The Balaban J connectivity index is 1.98. The van der Waals surface area contributed by atoms with Gasteiger partial charge in [0.05, 0.1) is 7.11 Å². The second-order valence-electron chi connectivity index (χ2n) is 5.83. The first-order chi connectivity index (χ1) is 12.4. The van der Waals surface area contributed by atoms with Crippen molar-refractivity contribution >= 4 is 23.8 Å². The minimum Gasteiger partial charge on any atom is -0.493 e. The van der Waals surface area contributed by atoms with Gasteiger partial charge in [-0.15, -0.1) is 0 Å². The molecule has 3 amide bonds. The Labute approximate surface area is 152 Å². The molecule has 0 saturated carbocycles. The predicted octanol–water partition coefficient (Wildman–Crippen LogP) is 0.263. The highest BCUT2D eigenvalue weighted by Crippen LogP contribution is 2.28. The van der Waals surface area contributed by atoms with Gasteiger partial charge in [-0.05, 0) is 23.8 Å². The minimum atomic E-state index is -0.577. The number of nitrogens with zero attached hydrogens (tertiary/aromatic N) is 2. The topological polar surface area (TPSA) is 102 Å². The second-order valence-corrected chi connectivity index (χ2v) is 5.83. The Morgan fingerprint density at radius 3 is 2.35 bits per heavy atom. The Kier molecular flexibility index (Phi) is 6.60. The van der Waals surface area contributed by atoms with Crippen LogP contribution in [0.3, 0.4) is 0 Å². The molecule has 0 radical (unpaired) electrons. The monoisotopic (exact) mass is 361 g/mol. The average Bonchev–Trinajstić information content (AvgIpc) is 2.64.